The number of rotatable bonds is 6. The Bertz CT molecular complexity index is 2240. The zero-order chi connectivity index (χ0) is 31.1. The van der Waals surface area contributed by atoms with Gasteiger partial charge in [-0.2, -0.15) is 0 Å². The zero-order valence-corrected chi connectivity index (χ0v) is 26.0. The first-order chi connectivity index (χ1) is 22.0. The van der Waals surface area contributed by atoms with E-state index in [0.717, 1.165) is 11.1 Å². The van der Waals surface area contributed by atoms with Crippen molar-refractivity contribution in [1.29, 1.82) is 5.41 Å². The number of nitrogens with one attached hydrogen (secondary N) is 1. The molecule has 0 heterocycles. The molecule has 0 saturated carbocycles. The third-order valence-corrected chi connectivity index (χ3v) is 9.06. The lowest BCUT2D eigenvalue weighted by molar-refractivity contribution is 1.32. The van der Waals surface area contributed by atoms with Gasteiger partial charge in [-0.1, -0.05) is 140 Å². The van der Waals surface area contributed by atoms with Crippen LogP contribution in [-0.4, -0.2) is 6.21 Å². The Morgan fingerprint density at radius 3 is 1.49 bits per heavy atom. The van der Waals surface area contributed by atoms with Crippen molar-refractivity contribution in [2.45, 2.75) is 20.8 Å². The molecule has 1 N–H and O–H groups in total. The molecule has 7 aromatic carbocycles. The summed E-state index contributed by atoms with van der Waals surface area (Å²) in [6.07, 6.45) is 4.89. The lowest BCUT2D eigenvalue weighted by Crippen LogP contribution is -1.94. The first kappa shape index (κ1) is 28.3. The molecule has 1 heteroatoms. The van der Waals surface area contributed by atoms with Crippen LogP contribution in [0.5, 0.6) is 0 Å². The van der Waals surface area contributed by atoms with E-state index in [1.807, 2.05) is 0 Å². The van der Waals surface area contributed by atoms with Gasteiger partial charge in [-0.05, 0) is 115 Å². The zero-order valence-electron chi connectivity index (χ0n) is 26.0. The third kappa shape index (κ3) is 4.78. The number of aryl methyl sites for hydroxylation is 3. The highest BCUT2D eigenvalue weighted by atomic mass is 14.3. The van der Waals surface area contributed by atoms with E-state index in [-0.39, 0.29) is 0 Å². The number of hydrogen-bond donors (Lipinski definition) is 1. The van der Waals surface area contributed by atoms with Crippen LogP contribution in [0.2, 0.25) is 0 Å². The minimum Gasteiger partial charge on any atom is -0.309 e. The molecule has 0 radical (unpaired) electrons. The first-order valence-corrected chi connectivity index (χ1v) is 15.5. The molecule has 216 valence electrons. The fourth-order valence-electron chi connectivity index (χ4n) is 7.28. The van der Waals surface area contributed by atoms with E-state index in [1.54, 1.807) is 12.2 Å². The molecule has 0 aliphatic carbocycles. The topological polar surface area (TPSA) is 23.9 Å². The van der Waals surface area contributed by atoms with Gasteiger partial charge in [0.2, 0.25) is 0 Å². The Labute approximate surface area is 265 Å². The lowest BCUT2D eigenvalue weighted by Gasteiger charge is -2.20. The second-order valence-electron chi connectivity index (χ2n) is 11.9. The maximum atomic E-state index is 7.52. The first-order valence-electron chi connectivity index (χ1n) is 15.5. The van der Waals surface area contributed by atoms with Gasteiger partial charge >= 0.3 is 0 Å². The normalized spacial score (nSPS) is 11.8. The summed E-state index contributed by atoms with van der Waals surface area (Å²) in [6, 6.07) is 44.4. The standard InChI is InChI=1S/C44H35N/c1-5-31(24-25-45)32-20-22-33(23-21-32)43-38-12-6-8-14-40(38)44(41-15-9-7-13-39(41)43)37-19-11-16-34-35(37)17-10-18-36(34)42-29(3)26-28(2)27-30(42)4/h5-27,45H,1H2,2-4H3/b31-24+,45-25?. The highest BCUT2D eigenvalue weighted by molar-refractivity contribution is 6.24. The van der Waals surface area contributed by atoms with Crippen LogP contribution in [0.1, 0.15) is 22.3 Å². The molecule has 0 aliphatic rings. The Morgan fingerprint density at radius 1 is 0.533 bits per heavy atom. The Hall–Kier alpha value is -5.53. The van der Waals surface area contributed by atoms with Crippen molar-refractivity contribution in [1.82, 2.24) is 0 Å². The van der Waals surface area contributed by atoms with Gasteiger partial charge in [0.15, 0.2) is 0 Å². The summed E-state index contributed by atoms with van der Waals surface area (Å²) in [5, 5.41) is 15.0. The van der Waals surface area contributed by atoms with Crippen LogP contribution in [0, 0.1) is 26.2 Å². The number of allylic oxidation sites excluding steroid dienone is 3. The van der Waals surface area contributed by atoms with Crippen molar-refractivity contribution in [3.8, 4) is 33.4 Å². The van der Waals surface area contributed by atoms with E-state index >= 15 is 0 Å². The summed E-state index contributed by atoms with van der Waals surface area (Å²) in [5.41, 5.74) is 13.4. The average molecular weight is 578 g/mol. The fraction of sp³-hybridized carbons (Fsp3) is 0.0682. The van der Waals surface area contributed by atoms with Crippen molar-refractivity contribution in [3.05, 3.63) is 162 Å². The van der Waals surface area contributed by atoms with E-state index < -0.39 is 0 Å². The van der Waals surface area contributed by atoms with E-state index in [9.17, 15) is 0 Å². The molecule has 0 aliphatic heterocycles. The minimum atomic E-state index is 0.938. The highest BCUT2D eigenvalue weighted by Gasteiger charge is 2.19. The van der Waals surface area contributed by atoms with Crippen LogP contribution in [0.3, 0.4) is 0 Å². The monoisotopic (exact) mass is 577 g/mol. The third-order valence-electron chi connectivity index (χ3n) is 9.06. The number of hydrogen-bond acceptors (Lipinski definition) is 1. The summed E-state index contributed by atoms with van der Waals surface area (Å²) >= 11 is 0. The number of fused-ring (bicyclic) bond motifs is 3. The SMILES string of the molecule is C=C/C(=C\C=N)c1ccc(-c2c3ccccc3c(-c3cccc4c(-c5c(C)cc(C)cc5C)cccc34)c3ccccc23)cc1. The summed E-state index contributed by atoms with van der Waals surface area (Å²) in [6.45, 7) is 10.6. The highest BCUT2D eigenvalue weighted by Crippen LogP contribution is 2.46. The summed E-state index contributed by atoms with van der Waals surface area (Å²) in [4.78, 5) is 0. The van der Waals surface area contributed by atoms with E-state index in [1.165, 1.54) is 88.6 Å². The fourth-order valence-corrected chi connectivity index (χ4v) is 7.28. The van der Waals surface area contributed by atoms with E-state index in [2.05, 4.69) is 149 Å². The second kappa shape index (κ2) is 11.5. The van der Waals surface area contributed by atoms with Gasteiger partial charge in [0.05, 0.1) is 0 Å². The van der Waals surface area contributed by atoms with Gasteiger partial charge in [-0.3, -0.25) is 0 Å². The quantitative estimate of drug-likeness (QED) is 0.115. The smallest absolute Gasteiger partial charge is 0.0183 e. The molecule has 1 nitrogen and oxygen atoms in total. The molecular weight excluding hydrogens is 542 g/mol. The van der Waals surface area contributed by atoms with Gasteiger partial charge in [0, 0.05) is 6.21 Å². The van der Waals surface area contributed by atoms with Crippen LogP contribution in [0.4, 0.5) is 0 Å². The molecule has 0 aromatic heterocycles. The van der Waals surface area contributed by atoms with Gasteiger partial charge in [-0.25, -0.2) is 0 Å². The minimum absolute atomic E-state index is 0.938. The van der Waals surface area contributed by atoms with Crippen LogP contribution < -0.4 is 0 Å². The molecule has 45 heavy (non-hydrogen) atoms. The molecule has 0 bridgehead atoms. The van der Waals surface area contributed by atoms with Gasteiger partial charge in [0.1, 0.15) is 0 Å². The Morgan fingerprint density at radius 2 is 1.00 bits per heavy atom. The Kier molecular flexibility index (Phi) is 7.23. The molecule has 0 amide bonds. The predicted molar refractivity (Wildman–Crippen MR) is 196 cm³/mol. The maximum Gasteiger partial charge on any atom is 0.0183 e. The van der Waals surface area contributed by atoms with Crippen molar-refractivity contribution < 1.29 is 0 Å². The van der Waals surface area contributed by atoms with Crippen molar-refractivity contribution in [2.75, 3.05) is 0 Å². The summed E-state index contributed by atoms with van der Waals surface area (Å²) in [5.74, 6) is 0. The molecule has 0 atom stereocenters. The molecule has 7 rings (SSSR count). The number of benzene rings is 7. The molecule has 7 aromatic rings. The average Bonchev–Trinajstić information content (AvgIpc) is 3.06. The predicted octanol–water partition coefficient (Wildman–Crippen LogP) is 12.3. The van der Waals surface area contributed by atoms with Crippen LogP contribution in [-0.2, 0) is 0 Å². The molecule has 0 fully saturated rings. The van der Waals surface area contributed by atoms with Crippen LogP contribution >= 0.6 is 0 Å². The van der Waals surface area contributed by atoms with Gasteiger partial charge < -0.3 is 5.41 Å². The lowest BCUT2D eigenvalue weighted by atomic mass is 9.83. The van der Waals surface area contributed by atoms with E-state index in [4.69, 9.17) is 5.41 Å². The van der Waals surface area contributed by atoms with Crippen LogP contribution in [0.25, 0.3) is 71.3 Å². The van der Waals surface area contributed by atoms with Gasteiger partial charge in [0.25, 0.3) is 0 Å². The molecule has 0 saturated heterocycles. The summed E-state index contributed by atoms with van der Waals surface area (Å²) < 4.78 is 0. The molecule has 0 spiro atoms. The van der Waals surface area contributed by atoms with Crippen LogP contribution in [0.15, 0.2) is 140 Å². The maximum absolute atomic E-state index is 7.52. The van der Waals surface area contributed by atoms with Crippen molar-refractivity contribution >= 4 is 44.1 Å². The molecule has 0 unspecified atom stereocenters. The van der Waals surface area contributed by atoms with Crippen molar-refractivity contribution in [3.63, 3.8) is 0 Å². The Balaban J connectivity index is 1.52. The van der Waals surface area contributed by atoms with Gasteiger partial charge in [-0.15, -0.1) is 0 Å². The second-order valence-corrected chi connectivity index (χ2v) is 11.9. The largest absolute Gasteiger partial charge is 0.309 e. The van der Waals surface area contributed by atoms with E-state index in [0.29, 0.717) is 0 Å². The molecular formula is C44H35N. The summed E-state index contributed by atoms with van der Waals surface area (Å²) in [7, 11) is 0. The van der Waals surface area contributed by atoms with Crippen molar-refractivity contribution in [2.24, 2.45) is 0 Å².